The van der Waals surface area contributed by atoms with Crippen molar-refractivity contribution in [3.63, 3.8) is 0 Å². The maximum Gasteiger partial charge on any atom is 0.113 e. The van der Waals surface area contributed by atoms with Crippen LogP contribution in [0.5, 0.6) is 0 Å². The van der Waals surface area contributed by atoms with E-state index in [0.29, 0.717) is 12.5 Å². The number of anilines is 1. The van der Waals surface area contributed by atoms with E-state index < -0.39 is 0 Å². The Kier molecular flexibility index (Phi) is 4.90. The van der Waals surface area contributed by atoms with Gasteiger partial charge in [-0.15, -0.1) is 0 Å². The second-order valence-electron chi connectivity index (χ2n) is 4.14. The fourth-order valence-electron chi connectivity index (χ4n) is 1.27. The van der Waals surface area contributed by atoms with Crippen LogP contribution in [-0.2, 0) is 11.3 Å². The van der Waals surface area contributed by atoms with Crippen LogP contribution < -0.4 is 5.32 Å². The molecule has 1 rings (SSSR count). The minimum absolute atomic E-state index is 0.376. The van der Waals surface area contributed by atoms with Crippen molar-refractivity contribution in [3.05, 3.63) is 42.2 Å². The van der Waals surface area contributed by atoms with E-state index in [4.69, 9.17) is 4.74 Å². The van der Waals surface area contributed by atoms with Gasteiger partial charge in [0.2, 0.25) is 0 Å². The number of rotatable bonds is 6. The van der Waals surface area contributed by atoms with Crippen LogP contribution in [0.4, 0.5) is 5.69 Å². The lowest BCUT2D eigenvalue weighted by molar-refractivity contribution is 0.174. The maximum atomic E-state index is 5.57. The molecule has 1 aromatic rings. The molecule has 0 aliphatic rings. The molecule has 1 N–H and O–H groups in total. The lowest BCUT2D eigenvalue weighted by atomic mass is 10.2. The zero-order valence-corrected chi connectivity index (χ0v) is 10.4. The quantitative estimate of drug-likeness (QED) is 0.735. The summed E-state index contributed by atoms with van der Waals surface area (Å²) in [4.78, 5) is 0. The molecule has 0 saturated heterocycles. The molecule has 1 aromatic carbocycles. The van der Waals surface area contributed by atoms with Crippen LogP contribution in [0.3, 0.4) is 0 Å². The molecule has 2 heteroatoms. The first-order valence-corrected chi connectivity index (χ1v) is 5.78. The number of hydrogen-bond acceptors (Lipinski definition) is 2. The van der Waals surface area contributed by atoms with Crippen molar-refractivity contribution >= 4 is 5.69 Å². The Morgan fingerprint density at radius 2 is 1.94 bits per heavy atom. The molecule has 88 valence electrons. The number of benzene rings is 1. The van der Waals surface area contributed by atoms with E-state index in [0.717, 1.165) is 18.0 Å². The predicted molar refractivity (Wildman–Crippen MR) is 69.4 cm³/mol. The fraction of sp³-hybridized carbons (Fsp3) is 0.429. The van der Waals surface area contributed by atoms with Gasteiger partial charge in [-0.25, -0.2) is 0 Å². The normalized spacial score (nSPS) is 10.2. The summed E-state index contributed by atoms with van der Waals surface area (Å²) in [5, 5.41) is 3.26. The zero-order chi connectivity index (χ0) is 12.0. The molecule has 0 saturated carbocycles. The molecule has 0 radical (unpaired) electrons. The zero-order valence-electron chi connectivity index (χ0n) is 10.4. The highest BCUT2D eigenvalue weighted by atomic mass is 16.5. The topological polar surface area (TPSA) is 21.3 Å². The molecule has 0 amide bonds. The summed E-state index contributed by atoms with van der Waals surface area (Å²) in [7, 11) is 0. The van der Waals surface area contributed by atoms with Crippen molar-refractivity contribution in [1.82, 2.24) is 0 Å². The lowest BCUT2D eigenvalue weighted by Gasteiger charge is -2.12. The van der Waals surface area contributed by atoms with Crippen LogP contribution in [-0.4, -0.2) is 6.54 Å². The molecule has 0 bridgehead atoms. The van der Waals surface area contributed by atoms with Gasteiger partial charge in [0.05, 0.1) is 5.76 Å². The van der Waals surface area contributed by atoms with Crippen molar-refractivity contribution in [2.24, 2.45) is 5.92 Å². The minimum atomic E-state index is 0.376. The Hall–Kier alpha value is -1.44. The van der Waals surface area contributed by atoms with Crippen LogP contribution in [0.25, 0.3) is 0 Å². The molecule has 0 atom stereocenters. The third-order valence-corrected chi connectivity index (χ3v) is 2.40. The first-order chi connectivity index (χ1) is 7.63. The molecule has 0 aromatic heterocycles. The van der Waals surface area contributed by atoms with Crippen LogP contribution in [0.2, 0.25) is 0 Å². The summed E-state index contributed by atoms with van der Waals surface area (Å²) < 4.78 is 5.57. The SMILES string of the molecule is C=C(OCc1ccc(NCC)cc1)C(C)C. The first kappa shape index (κ1) is 12.6. The van der Waals surface area contributed by atoms with E-state index in [-0.39, 0.29) is 0 Å². The highest BCUT2D eigenvalue weighted by Crippen LogP contribution is 2.14. The summed E-state index contributed by atoms with van der Waals surface area (Å²) >= 11 is 0. The van der Waals surface area contributed by atoms with Crippen LogP contribution in [0, 0.1) is 5.92 Å². The highest BCUT2D eigenvalue weighted by molar-refractivity contribution is 5.44. The van der Waals surface area contributed by atoms with Crippen molar-refractivity contribution in [3.8, 4) is 0 Å². The third-order valence-electron chi connectivity index (χ3n) is 2.40. The minimum Gasteiger partial charge on any atom is -0.494 e. The van der Waals surface area contributed by atoms with Gasteiger partial charge in [-0.1, -0.05) is 32.6 Å². The number of nitrogens with one attached hydrogen (secondary N) is 1. The second-order valence-corrected chi connectivity index (χ2v) is 4.14. The Labute approximate surface area is 98.3 Å². The van der Waals surface area contributed by atoms with Gasteiger partial charge in [0, 0.05) is 18.2 Å². The van der Waals surface area contributed by atoms with E-state index in [2.05, 4.69) is 56.9 Å². The van der Waals surface area contributed by atoms with Gasteiger partial charge in [-0.3, -0.25) is 0 Å². The molecule has 0 aliphatic heterocycles. The monoisotopic (exact) mass is 219 g/mol. The van der Waals surface area contributed by atoms with Crippen molar-refractivity contribution in [2.75, 3.05) is 11.9 Å². The molecule has 0 fully saturated rings. The Morgan fingerprint density at radius 1 is 1.31 bits per heavy atom. The van der Waals surface area contributed by atoms with E-state index in [1.807, 2.05) is 0 Å². The summed E-state index contributed by atoms with van der Waals surface area (Å²) in [5.41, 5.74) is 2.32. The van der Waals surface area contributed by atoms with Gasteiger partial charge in [0.25, 0.3) is 0 Å². The van der Waals surface area contributed by atoms with E-state index in [1.165, 1.54) is 5.56 Å². The summed E-state index contributed by atoms with van der Waals surface area (Å²) in [6, 6.07) is 8.29. The highest BCUT2D eigenvalue weighted by Gasteiger charge is 2.01. The average molecular weight is 219 g/mol. The Morgan fingerprint density at radius 3 is 2.44 bits per heavy atom. The summed E-state index contributed by atoms with van der Waals surface area (Å²) in [6.45, 7) is 11.7. The molecule has 0 spiro atoms. The molecular weight excluding hydrogens is 198 g/mol. The number of hydrogen-bond donors (Lipinski definition) is 1. The Balaban J connectivity index is 2.46. The number of ether oxygens (including phenoxy) is 1. The standard InChI is InChI=1S/C14H21NO/c1-5-15-14-8-6-13(7-9-14)10-16-12(4)11(2)3/h6-9,11,15H,4-5,10H2,1-3H3. The smallest absolute Gasteiger partial charge is 0.113 e. The lowest BCUT2D eigenvalue weighted by Crippen LogP contribution is -1.99. The van der Waals surface area contributed by atoms with Gasteiger partial charge >= 0.3 is 0 Å². The van der Waals surface area contributed by atoms with Crippen LogP contribution in [0.1, 0.15) is 26.3 Å². The molecule has 2 nitrogen and oxygen atoms in total. The molecular formula is C14H21NO. The van der Waals surface area contributed by atoms with E-state index >= 15 is 0 Å². The van der Waals surface area contributed by atoms with Crippen molar-refractivity contribution in [2.45, 2.75) is 27.4 Å². The van der Waals surface area contributed by atoms with Gasteiger partial charge in [0.15, 0.2) is 0 Å². The van der Waals surface area contributed by atoms with E-state index in [9.17, 15) is 0 Å². The second kappa shape index (κ2) is 6.21. The summed E-state index contributed by atoms with van der Waals surface area (Å²) in [6.07, 6.45) is 0. The van der Waals surface area contributed by atoms with Crippen molar-refractivity contribution < 1.29 is 4.74 Å². The molecule has 0 unspecified atom stereocenters. The van der Waals surface area contributed by atoms with Gasteiger partial charge in [-0.05, 0) is 24.6 Å². The van der Waals surface area contributed by atoms with E-state index in [1.54, 1.807) is 0 Å². The van der Waals surface area contributed by atoms with Crippen molar-refractivity contribution in [1.29, 1.82) is 0 Å². The van der Waals surface area contributed by atoms with Gasteiger partial charge < -0.3 is 10.1 Å². The Bertz CT molecular complexity index is 327. The number of allylic oxidation sites excluding steroid dienone is 1. The summed E-state index contributed by atoms with van der Waals surface area (Å²) in [5.74, 6) is 1.22. The van der Waals surface area contributed by atoms with Crippen LogP contribution in [0.15, 0.2) is 36.6 Å². The third kappa shape index (κ3) is 3.97. The van der Waals surface area contributed by atoms with Crippen LogP contribution >= 0.6 is 0 Å². The maximum absolute atomic E-state index is 5.57. The predicted octanol–water partition coefficient (Wildman–Crippen LogP) is 3.80. The first-order valence-electron chi connectivity index (χ1n) is 5.78. The average Bonchev–Trinajstić information content (AvgIpc) is 2.28. The molecule has 16 heavy (non-hydrogen) atoms. The molecule has 0 heterocycles. The van der Waals surface area contributed by atoms with Gasteiger partial charge in [-0.2, -0.15) is 0 Å². The molecule has 0 aliphatic carbocycles. The largest absolute Gasteiger partial charge is 0.494 e. The van der Waals surface area contributed by atoms with Gasteiger partial charge in [0.1, 0.15) is 6.61 Å². The fourth-order valence-corrected chi connectivity index (χ4v) is 1.27.